The maximum atomic E-state index is 12.9. The van der Waals surface area contributed by atoms with Crippen LogP contribution in [0, 0.1) is 11.8 Å². The molecule has 1 aliphatic heterocycles. The number of alkyl halides is 3. The zero-order valence-corrected chi connectivity index (χ0v) is 20.9. The number of nitrogens with one attached hydrogen (secondary N) is 2. The summed E-state index contributed by atoms with van der Waals surface area (Å²) < 4.78 is 38.8. The van der Waals surface area contributed by atoms with E-state index in [4.69, 9.17) is 0 Å². The van der Waals surface area contributed by atoms with Crippen molar-refractivity contribution in [1.82, 2.24) is 10.3 Å². The molecule has 1 aliphatic carbocycles. The minimum atomic E-state index is -4.32. The molecule has 0 bridgehead atoms. The average molecular weight is 501 g/mol. The number of benzene rings is 1. The number of halogens is 3. The second-order valence-electron chi connectivity index (χ2n) is 10.4. The van der Waals surface area contributed by atoms with E-state index in [1.807, 2.05) is 12.1 Å². The second-order valence-corrected chi connectivity index (χ2v) is 10.4. The summed E-state index contributed by atoms with van der Waals surface area (Å²) in [5.41, 5.74) is -0.0306. The first-order chi connectivity index (χ1) is 17.1. The molecular formula is C28H35F3N4O. The Morgan fingerprint density at radius 1 is 1.00 bits per heavy atom. The molecule has 0 unspecified atom stereocenters. The van der Waals surface area contributed by atoms with Crippen molar-refractivity contribution in [2.45, 2.75) is 82.3 Å². The molecule has 194 valence electrons. The number of piperidine rings is 1. The van der Waals surface area contributed by atoms with Gasteiger partial charge in [0.2, 0.25) is 0 Å². The van der Waals surface area contributed by atoms with Crippen LogP contribution in [0.2, 0.25) is 0 Å². The van der Waals surface area contributed by atoms with Crippen LogP contribution in [-0.2, 0) is 6.18 Å². The Labute approximate surface area is 211 Å². The molecule has 2 heterocycles. The third-order valence-corrected chi connectivity index (χ3v) is 6.80. The number of pyridine rings is 1. The summed E-state index contributed by atoms with van der Waals surface area (Å²) in [6, 6.07) is 10.0. The molecule has 4 rings (SSSR count). The summed E-state index contributed by atoms with van der Waals surface area (Å²) in [7, 11) is 0. The molecule has 0 radical (unpaired) electrons. The van der Waals surface area contributed by atoms with Crippen LogP contribution in [0.3, 0.4) is 0 Å². The van der Waals surface area contributed by atoms with Crippen LogP contribution in [0.15, 0.2) is 42.6 Å². The van der Waals surface area contributed by atoms with Crippen molar-refractivity contribution >= 4 is 11.5 Å². The summed E-state index contributed by atoms with van der Waals surface area (Å²) in [6.45, 7) is 4.93. The van der Waals surface area contributed by atoms with Crippen LogP contribution in [0.4, 0.5) is 24.7 Å². The Balaban J connectivity index is 1.39. The van der Waals surface area contributed by atoms with Gasteiger partial charge >= 0.3 is 6.18 Å². The number of anilines is 2. The van der Waals surface area contributed by atoms with Gasteiger partial charge in [-0.3, -0.25) is 0 Å². The van der Waals surface area contributed by atoms with Crippen molar-refractivity contribution in [3.63, 3.8) is 0 Å². The lowest BCUT2D eigenvalue weighted by atomic mass is 9.89. The van der Waals surface area contributed by atoms with E-state index in [2.05, 4.69) is 32.4 Å². The molecule has 5 nitrogen and oxygen atoms in total. The van der Waals surface area contributed by atoms with E-state index in [1.54, 1.807) is 32.2 Å². The molecule has 1 aromatic heterocycles. The van der Waals surface area contributed by atoms with E-state index in [1.165, 1.54) is 12.1 Å². The number of nitrogens with zero attached hydrogens (tertiary/aromatic N) is 2. The van der Waals surface area contributed by atoms with Crippen molar-refractivity contribution in [2.75, 3.05) is 23.3 Å². The van der Waals surface area contributed by atoms with Crippen molar-refractivity contribution in [3.05, 3.63) is 53.7 Å². The Morgan fingerprint density at radius 2 is 1.72 bits per heavy atom. The fourth-order valence-corrected chi connectivity index (χ4v) is 5.02. The van der Waals surface area contributed by atoms with E-state index in [0.717, 1.165) is 68.7 Å². The van der Waals surface area contributed by atoms with Gasteiger partial charge in [-0.25, -0.2) is 4.98 Å². The van der Waals surface area contributed by atoms with Gasteiger partial charge in [-0.1, -0.05) is 24.7 Å². The fourth-order valence-electron chi connectivity index (χ4n) is 5.02. The molecule has 1 saturated carbocycles. The highest BCUT2D eigenvalue weighted by molar-refractivity contribution is 5.49. The van der Waals surface area contributed by atoms with Crippen LogP contribution >= 0.6 is 0 Å². The second kappa shape index (κ2) is 11.1. The van der Waals surface area contributed by atoms with Gasteiger partial charge in [0.25, 0.3) is 0 Å². The minimum Gasteiger partial charge on any atom is -0.378 e. The number of rotatable bonds is 5. The highest BCUT2D eigenvalue weighted by Crippen LogP contribution is 2.31. The maximum Gasteiger partial charge on any atom is 0.416 e. The van der Waals surface area contributed by atoms with Crippen LogP contribution in [0.5, 0.6) is 0 Å². The molecule has 3 N–H and O–H groups in total. The molecule has 2 aliphatic rings. The molecule has 3 atom stereocenters. The quantitative estimate of drug-likeness (QED) is 0.493. The summed E-state index contributed by atoms with van der Waals surface area (Å²) in [4.78, 5) is 6.66. The van der Waals surface area contributed by atoms with E-state index >= 15 is 0 Å². The van der Waals surface area contributed by atoms with Gasteiger partial charge < -0.3 is 20.6 Å². The molecule has 36 heavy (non-hydrogen) atoms. The molecule has 1 aromatic carbocycles. The van der Waals surface area contributed by atoms with Gasteiger partial charge in [0.1, 0.15) is 11.4 Å². The zero-order valence-electron chi connectivity index (χ0n) is 20.9. The first-order valence-corrected chi connectivity index (χ1v) is 12.7. The molecule has 2 aromatic rings. The van der Waals surface area contributed by atoms with Crippen molar-refractivity contribution in [2.24, 2.45) is 0 Å². The first-order valence-electron chi connectivity index (χ1n) is 12.7. The van der Waals surface area contributed by atoms with Gasteiger partial charge in [-0.05, 0) is 75.9 Å². The molecule has 0 amide bonds. The standard InChI is InChI=1S/C28H35F3N4O/c1-27(2,36)15-13-20-14-16-32-26(18-20)34-25-8-4-3-7-24(25)33-22-6-5-17-35(19-22)23-11-9-21(10-12-23)28(29,30)31/h9-12,14,16,18,22,24-25,33,36H,3-8,17,19H2,1-2H3,(H,32,34)/t22-,24+,25+/m0/s1. The molecule has 2 fully saturated rings. The molecule has 8 heteroatoms. The number of aromatic nitrogens is 1. The molecule has 1 saturated heterocycles. The van der Waals surface area contributed by atoms with E-state index < -0.39 is 17.3 Å². The van der Waals surface area contributed by atoms with E-state index in [0.29, 0.717) is 0 Å². The summed E-state index contributed by atoms with van der Waals surface area (Å²) >= 11 is 0. The highest BCUT2D eigenvalue weighted by atomic mass is 19.4. The van der Waals surface area contributed by atoms with Crippen LogP contribution in [0.25, 0.3) is 0 Å². The largest absolute Gasteiger partial charge is 0.416 e. The smallest absolute Gasteiger partial charge is 0.378 e. The third-order valence-electron chi connectivity index (χ3n) is 6.80. The lowest BCUT2D eigenvalue weighted by Gasteiger charge is -2.40. The summed E-state index contributed by atoms with van der Waals surface area (Å²) in [5, 5.41) is 17.3. The summed E-state index contributed by atoms with van der Waals surface area (Å²) in [5.74, 6) is 6.61. The number of hydrogen-bond acceptors (Lipinski definition) is 5. The van der Waals surface area contributed by atoms with Gasteiger partial charge in [-0.2, -0.15) is 13.2 Å². The normalized spacial score (nSPS) is 23.1. The molecule has 0 spiro atoms. The van der Waals surface area contributed by atoms with Crippen molar-refractivity contribution < 1.29 is 18.3 Å². The fraction of sp³-hybridized carbons (Fsp3) is 0.536. The van der Waals surface area contributed by atoms with Crippen LogP contribution < -0.4 is 15.5 Å². The number of aliphatic hydroxyl groups is 1. The predicted octanol–water partition coefficient (Wildman–Crippen LogP) is 5.20. The summed E-state index contributed by atoms with van der Waals surface area (Å²) in [6.07, 6.45) is 3.86. The van der Waals surface area contributed by atoms with Crippen molar-refractivity contribution in [1.29, 1.82) is 0 Å². The SMILES string of the molecule is CC(C)(O)C#Cc1ccnc(N[C@@H]2CCCC[C@H]2N[C@H]2CCCN(c3ccc(C(F)(F)F)cc3)C2)c1. The number of hydrogen-bond donors (Lipinski definition) is 3. The van der Waals surface area contributed by atoms with Crippen LogP contribution in [0.1, 0.15) is 63.5 Å². The Morgan fingerprint density at radius 3 is 2.42 bits per heavy atom. The third kappa shape index (κ3) is 7.37. The van der Waals surface area contributed by atoms with Crippen LogP contribution in [-0.4, -0.2) is 46.9 Å². The van der Waals surface area contributed by atoms with Crippen molar-refractivity contribution in [3.8, 4) is 11.8 Å². The first kappa shape index (κ1) is 26.3. The van der Waals surface area contributed by atoms with Gasteiger partial charge in [0.15, 0.2) is 0 Å². The lowest BCUT2D eigenvalue weighted by Crippen LogP contribution is -2.55. The average Bonchev–Trinajstić information content (AvgIpc) is 2.84. The Hall–Kier alpha value is -2.76. The van der Waals surface area contributed by atoms with Gasteiger partial charge in [0, 0.05) is 48.7 Å². The minimum absolute atomic E-state index is 0.227. The topological polar surface area (TPSA) is 60.4 Å². The van der Waals surface area contributed by atoms with Gasteiger partial charge in [0.05, 0.1) is 5.56 Å². The lowest BCUT2D eigenvalue weighted by molar-refractivity contribution is -0.137. The monoisotopic (exact) mass is 500 g/mol. The zero-order chi connectivity index (χ0) is 25.8. The predicted molar refractivity (Wildman–Crippen MR) is 137 cm³/mol. The maximum absolute atomic E-state index is 12.9. The molecular weight excluding hydrogens is 465 g/mol. The van der Waals surface area contributed by atoms with Gasteiger partial charge in [-0.15, -0.1) is 0 Å². The van der Waals surface area contributed by atoms with E-state index in [9.17, 15) is 18.3 Å². The Kier molecular flexibility index (Phi) is 8.11. The van der Waals surface area contributed by atoms with E-state index in [-0.39, 0.29) is 18.1 Å². The highest BCUT2D eigenvalue weighted by Gasteiger charge is 2.31. The Bertz CT molecular complexity index is 1070.